The molecule has 1 aromatic heterocycles. The van der Waals surface area contributed by atoms with E-state index in [-0.39, 0.29) is 17.5 Å². The Hall–Kier alpha value is -2.67. The number of amides is 1. The fourth-order valence-electron chi connectivity index (χ4n) is 4.43. The topological polar surface area (TPSA) is 48.8 Å². The zero-order valence-electron chi connectivity index (χ0n) is 17.5. The van der Waals surface area contributed by atoms with Gasteiger partial charge in [0, 0.05) is 64.1 Å². The minimum absolute atomic E-state index is 0.0239. The second-order valence-electron chi connectivity index (χ2n) is 7.99. The molecule has 30 heavy (non-hydrogen) atoms. The number of carbonyl (C=O) groups is 2. The lowest BCUT2D eigenvalue weighted by atomic mass is 10.1. The molecule has 1 fully saturated rings. The van der Waals surface area contributed by atoms with Gasteiger partial charge in [0.1, 0.15) is 5.82 Å². The van der Waals surface area contributed by atoms with Crippen LogP contribution in [0.3, 0.4) is 0 Å². The molecular formula is C23H29FN4O2. The van der Waals surface area contributed by atoms with E-state index in [1.165, 1.54) is 12.1 Å². The monoisotopic (exact) mass is 412 g/mol. The number of hydrogen-bond donors (Lipinski definition) is 0. The number of piperazine rings is 1. The van der Waals surface area contributed by atoms with Crippen molar-refractivity contribution in [2.24, 2.45) is 0 Å². The van der Waals surface area contributed by atoms with Crippen molar-refractivity contribution < 1.29 is 14.0 Å². The summed E-state index contributed by atoms with van der Waals surface area (Å²) in [7, 11) is 0. The minimum atomic E-state index is -0.208. The second kappa shape index (κ2) is 9.00. The first-order chi connectivity index (χ1) is 14.6. The molecule has 0 unspecified atom stereocenters. The lowest BCUT2D eigenvalue weighted by Gasteiger charge is -2.36. The van der Waals surface area contributed by atoms with E-state index < -0.39 is 0 Å². The zero-order chi connectivity index (χ0) is 21.1. The van der Waals surface area contributed by atoms with E-state index in [9.17, 15) is 14.0 Å². The highest BCUT2D eigenvalue weighted by Crippen LogP contribution is 2.21. The highest BCUT2D eigenvalue weighted by molar-refractivity contribution is 6.08. The maximum atomic E-state index is 13.1. The molecule has 4 rings (SSSR count). The SMILES string of the molecule is CCn1ccc2c1C(=O)CCN(CCCN1CCN(c3ccc(F)cc3)CC1)C2=O. The number of benzene rings is 1. The van der Waals surface area contributed by atoms with Crippen LogP contribution in [-0.2, 0) is 6.54 Å². The lowest BCUT2D eigenvalue weighted by molar-refractivity contribution is 0.0750. The summed E-state index contributed by atoms with van der Waals surface area (Å²) in [5.41, 5.74) is 2.18. The number of Topliss-reactive ketones (excluding diaryl/α,β-unsaturated/α-hetero) is 1. The molecule has 2 aromatic rings. The Morgan fingerprint density at radius 3 is 2.37 bits per heavy atom. The molecule has 2 aliphatic heterocycles. The van der Waals surface area contributed by atoms with Crippen molar-refractivity contribution in [1.82, 2.24) is 14.4 Å². The van der Waals surface area contributed by atoms with Gasteiger partial charge in [-0.3, -0.25) is 14.5 Å². The van der Waals surface area contributed by atoms with E-state index in [4.69, 9.17) is 0 Å². The number of ketones is 1. The van der Waals surface area contributed by atoms with Crippen LogP contribution in [0.1, 0.15) is 40.6 Å². The average molecular weight is 413 g/mol. The first kappa shape index (κ1) is 20.6. The van der Waals surface area contributed by atoms with Gasteiger partial charge in [0.15, 0.2) is 5.78 Å². The fraction of sp³-hybridized carbons (Fsp3) is 0.478. The number of nitrogens with zero attached hydrogens (tertiary/aromatic N) is 4. The van der Waals surface area contributed by atoms with Crippen molar-refractivity contribution in [3.05, 3.63) is 53.6 Å². The number of aromatic nitrogens is 1. The Balaban J connectivity index is 1.27. The molecular weight excluding hydrogens is 383 g/mol. The van der Waals surface area contributed by atoms with Crippen LogP contribution in [0.2, 0.25) is 0 Å². The van der Waals surface area contributed by atoms with E-state index in [0.717, 1.165) is 44.8 Å². The van der Waals surface area contributed by atoms with Gasteiger partial charge in [0.25, 0.3) is 5.91 Å². The minimum Gasteiger partial charge on any atom is -0.369 e. The molecule has 1 amide bonds. The third kappa shape index (κ3) is 4.26. The Morgan fingerprint density at radius 1 is 0.933 bits per heavy atom. The summed E-state index contributed by atoms with van der Waals surface area (Å²) in [6, 6.07) is 8.45. The number of aryl methyl sites for hydroxylation is 1. The van der Waals surface area contributed by atoms with E-state index in [0.29, 0.717) is 37.3 Å². The molecule has 2 aliphatic rings. The molecule has 160 valence electrons. The maximum Gasteiger partial charge on any atom is 0.256 e. The first-order valence-corrected chi connectivity index (χ1v) is 10.8. The molecule has 0 saturated carbocycles. The maximum absolute atomic E-state index is 13.1. The summed E-state index contributed by atoms with van der Waals surface area (Å²) in [5.74, 6) is -0.172. The molecule has 0 atom stereocenters. The number of hydrogen-bond acceptors (Lipinski definition) is 4. The first-order valence-electron chi connectivity index (χ1n) is 10.8. The Bertz CT molecular complexity index is 900. The fourth-order valence-corrected chi connectivity index (χ4v) is 4.43. The van der Waals surface area contributed by atoms with E-state index in [1.54, 1.807) is 6.07 Å². The molecule has 1 saturated heterocycles. The standard InChI is InChI=1S/C23H29FN4O2/c1-2-26-12-8-20-22(26)21(29)9-13-28(23(20)30)11-3-10-25-14-16-27(17-15-25)19-6-4-18(24)5-7-19/h4-8,12H,2-3,9-11,13-17H2,1H3. The number of rotatable bonds is 6. The lowest BCUT2D eigenvalue weighted by Crippen LogP contribution is -2.47. The van der Waals surface area contributed by atoms with Crippen LogP contribution >= 0.6 is 0 Å². The number of anilines is 1. The summed E-state index contributed by atoms with van der Waals surface area (Å²) < 4.78 is 15.0. The van der Waals surface area contributed by atoms with Crippen LogP contribution < -0.4 is 4.90 Å². The molecule has 0 radical (unpaired) electrons. The third-order valence-electron chi connectivity index (χ3n) is 6.16. The van der Waals surface area contributed by atoms with Crippen molar-refractivity contribution in [3.8, 4) is 0 Å². The zero-order valence-corrected chi connectivity index (χ0v) is 17.5. The van der Waals surface area contributed by atoms with Gasteiger partial charge in [-0.1, -0.05) is 0 Å². The van der Waals surface area contributed by atoms with Gasteiger partial charge in [0.05, 0.1) is 11.3 Å². The van der Waals surface area contributed by atoms with Crippen molar-refractivity contribution in [2.75, 3.05) is 50.7 Å². The second-order valence-corrected chi connectivity index (χ2v) is 7.99. The smallest absolute Gasteiger partial charge is 0.256 e. The van der Waals surface area contributed by atoms with Crippen LogP contribution in [0.25, 0.3) is 0 Å². The molecule has 7 heteroatoms. The van der Waals surface area contributed by atoms with Crippen LogP contribution in [0, 0.1) is 5.82 Å². The van der Waals surface area contributed by atoms with Crippen LogP contribution in [-0.4, -0.2) is 71.9 Å². The van der Waals surface area contributed by atoms with Gasteiger partial charge in [-0.2, -0.15) is 0 Å². The summed E-state index contributed by atoms with van der Waals surface area (Å²) in [5, 5.41) is 0. The number of halogens is 1. The molecule has 6 nitrogen and oxygen atoms in total. The van der Waals surface area contributed by atoms with E-state index in [2.05, 4.69) is 9.80 Å². The molecule has 0 N–H and O–H groups in total. The van der Waals surface area contributed by atoms with Crippen molar-refractivity contribution in [2.45, 2.75) is 26.3 Å². The largest absolute Gasteiger partial charge is 0.369 e. The summed E-state index contributed by atoms with van der Waals surface area (Å²) in [4.78, 5) is 31.9. The van der Waals surface area contributed by atoms with Gasteiger partial charge >= 0.3 is 0 Å². The van der Waals surface area contributed by atoms with Gasteiger partial charge in [0.2, 0.25) is 0 Å². The summed E-state index contributed by atoms with van der Waals surface area (Å²) >= 11 is 0. The molecule has 0 bridgehead atoms. The van der Waals surface area contributed by atoms with Crippen molar-refractivity contribution in [1.29, 1.82) is 0 Å². The van der Waals surface area contributed by atoms with Crippen LogP contribution in [0.15, 0.2) is 36.5 Å². The third-order valence-corrected chi connectivity index (χ3v) is 6.16. The normalized spacial score (nSPS) is 17.9. The predicted molar refractivity (Wildman–Crippen MR) is 115 cm³/mol. The Kier molecular flexibility index (Phi) is 6.18. The van der Waals surface area contributed by atoms with Crippen LogP contribution in [0.4, 0.5) is 10.1 Å². The van der Waals surface area contributed by atoms with E-state index >= 15 is 0 Å². The highest BCUT2D eigenvalue weighted by Gasteiger charge is 2.29. The summed E-state index contributed by atoms with van der Waals surface area (Å²) in [6.45, 7) is 8.50. The van der Waals surface area contributed by atoms with Gasteiger partial charge in [-0.25, -0.2) is 4.39 Å². The summed E-state index contributed by atoms with van der Waals surface area (Å²) in [6.07, 6.45) is 3.12. The number of carbonyl (C=O) groups excluding carboxylic acids is 2. The van der Waals surface area contributed by atoms with Gasteiger partial charge < -0.3 is 14.4 Å². The quantitative estimate of drug-likeness (QED) is 0.732. The van der Waals surface area contributed by atoms with Crippen molar-refractivity contribution in [3.63, 3.8) is 0 Å². The van der Waals surface area contributed by atoms with Gasteiger partial charge in [-0.15, -0.1) is 0 Å². The van der Waals surface area contributed by atoms with E-state index in [1.807, 2.05) is 34.7 Å². The molecule has 0 aliphatic carbocycles. The average Bonchev–Trinajstić information content (AvgIpc) is 3.16. The molecule has 3 heterocycles. The Morgan fingerprint density at radius 2 is 1.67 bits per heavy atom. The predicted octanol–water partition coefficient (Wildman–Crippen LogP) is 2.89. The Labute approximate surface area is 176 Å². The van der Waals surface area contributed by atoms with Gasteiger partial charge in [-0.05, 0) is 50.2 Å². The number of fused-ring (bicyclic) bond motifs is 1. The molecule has 1 aromatic carbocycles. The van der Waals surface area contributed by atoms with Crippen LogP contribution in [0.5, 0.6) is 0 Å². The highest BCUT2D eigenvalue weighted by atomic mass is 19.1. The van der Waals surface area contributed by atoms with Crippen molar-refractivity contribution >= 4 is 17.4 Å². The molecule has 0 spiro atoms.